The van der Waals surface area contributed by atoms with Crippen LogP contribution in [0.4, 0.5) is 5.13 Å². The molecule has 0 fully saturated rings. The van der Waals surface area contributed by atoms with Gasteiger partial charge < -0.3 is 5.32 Å². The van der Waals surface area contributed by atoms with Crippen molar-refractivity contribution < 1.29 is 13.2 Å². The summed E-state index contributed by atoms with van der Waals surface area (Å²) >= 11 is 1.15. The second-order valence-electron chi connectivity index (χ2n) is 4.23. The quantitative estimate of drug-likeness (QED) is 0.779. The van der Waals surface area contributed by atoms with Crippen LogP contribution >= 0.6 is 11.3 Å². The van der Waals surface area contributed by atoms with Crippen molar-refractivity contribution >= 4 is 32.4 Å². The standard InChI is InChI=1S/C14H15N3O3S2/c1-2-8-15-13(18)11-17(14-16-9-10-21-14)22(19,20)12-6-4-3-5-7-12/h2-7,9-10H,1,8,11H2,(H,15,18). The average molecular weight is 337 g/mol. The number of nitrogens with zero attached hydrogens (tertiary/aromatic N) is 2. The van der Waals surface area contributed by atoms with E-state index in [1.165, 1.54) is 24.4 Å². The van der Waals surface area contributed by atoms with Crippen LogP contribution in [0.15, 0.2) is 59.5 Å². The maximum Gasteiger partial charge on any atom is 0.266 e. The topological polar surface area (TPSA) is 79.4 Å². The number of hydrogen-bond acceptors (Lipinski definition) is 5. The zero-order chi connectivity index (χ0) is 16.0. The monoisotopic (exact) mass is 337 g/mol. The fraction of sp³-hybridized carbons (Fsp3) is 0.143. The highest BCUT2D eigenvalue weighted by Crippen LogP contribution is 2.25. The normalized spacial score (nSPS) is 10.9. The van der Waals surface area contributed by atoms with Crippen LogP contribution < -0.4 is 9.62 Å². The van der Waals surface area contributed by atoms with Gasteiger partial charge in [0, 0.05) is 18.1 Å². The Morgan fingerprint density at radius 2 is 2.09 bits per heavy atom. The molecule has 0 spiro atoms. The molecule has 8 heteroatoms. The van der Waals surface area contributed by atoms with Crippen LogP contribution in [0.5, 0.6) is 0 Å². The second-order valence-corrected chi connectivity index (χ2v) is 6.97. The number of sulfonamides is 1. The lowest BCUT2D eigenvalue weighted by molar-refractivity contribution is -0.119. The number of hydrogen-bond donors (Lipinski definition) is 1. The van der Waals surface area contributed by atoms with Crippen molar-refractivity contribution in [2.75, 3.05) is 17.4 Å². The zero-order valence-electron chi connectivity index (χ0n) is 11.7. The average Bonchev–Trinajstić information content (AvgIpc) is 3.05. The third kappa shape index (κ3) is 3.71. The molecular weight excluding hydrogens is 322 g/mol. The summed E-state index contributed by atoms with van der Waals surface area (Å²) in [5.74, 6) is -0.422. The van der Waals surface area contributed by atoms with E-state index in [1.807, 2.05) is 0 Å². The highest BCUT2D eigenvalue weighted by Gasteiger charge is 2.28. The Hall–Kier alpha value is -2.19. The van der Waals surface area contributed by atoms with Crippen molar-refractivity contribution in [1.29, 1.82) is 0 Å². The first-order chi connectivity index (χ1) is 10.6. The molecule has 2 aromatic rings. The predicted octanol–water partition coefficient (Wildman–Crippen LogP) is 1.64. The van der Waals surface area contributed by atoms with Gasteiger partial charge in [-0.1, -0.05) is 24.3 Å². The highest BCUT2D eigenvalue weighted by atomic mass is 32.2. The maximum absolute atomic E-state index is 12.7. The van der Waals surface area contributed by atoms with Crippen LogP contribution in [0.25, 0.3) is 0 Å². The summed E-state index contributed by atoms with van der Waals surface area (Å²) in [6.07, 6.45) is 3.02. The summed E-state index contributed by atoms with van der Waals surface area (Å²) in [7, 11) is -3.85. The van der Waals surface area contributed by atoms with Gasteiger partial charge >= 0.3 is 0 Å². The molecule has 0 unspecified atom stereocenters. The largest absolute Gasteiger partial charge is 0.351 e. The molecular formula is C14H15N3O3S2. The molecule has 1 aromatic heterocycles. The van der Waals surface area contributed by atoms with Gasteiger partial charge in [-0.2, -0.15) is 0 Å². The van der Waals surface area contributed by atoms with E-state index in [0.717, 1.165) is 15.6 Å². The smallest absolute Gasteiger partial charge is 0.266 e. The van der Waals surface area contributed by atoms with Gasteiger partial charge in [-0.3, -0.25) is 4.79 Å². The molecule has 0 bridgehead atoms. The van der Waals surface area contributed by atoms with E-state index in [1.54, 1.807) is 23.6 Å². The minimum absolute atomic E-state index is 0.113. The summed E-state index contributed by atoms with van der Waals surface area (Å²) in [5.41, 5.74) is 0. The third-order valence-electron chi connectivity index (χ3n) is 2.69. The predicted molar refractivity (Wildman–Crippen MR) is 86.3 cm³/mol. The lowest BCUT2D eigenvalue weighted by Gasteiger charge is -2.21. The van der Waals surface area contributed by atoms with E-state index in [-0.39, 0.29) is 23.1 Å². The zero-order valence-corrected chi connectivity index (χ0v) is 13.3. The Kier molecular flexibility index (Phi) is 5.29. The molecule has 1 aromatic carbocycles. The molecule has 1 heterocycles. The first-order valence-corrected chi connectivity index (χ1v) is 8.72. The Labute approximate surface area is 133 Å². The number of aromatic nitrogens is 1. The van der Waals surface area contributed by atoms with Gasteiger partial charge in [0.15, 0.2) is 5.13 Å². The van der Waals surface area contributed by atoms with Crippen molar-refractivity contribution in [3.63, 3.8) is 0 Å². The number of carbonyl (C=O) groups excluding carboxylic acids is 1. The Balaban J connectivity index is 2.33. The minimum Gasteiger partial charge on any atom is -0.351 e. The number of thiazole rings is 1. The third-order valence-corrected chi connectivity index (χ3v) is 5.35. The number of amides is 1. The fourth-order valence-electron chi connectivity index (χ4n) is 1.69. The van der Waals surface area contributed by atoms with Gasteiger partial charge in [-0.25, -0.2) is 17.7 Å². The van der Waals surface area contributed by atoms with Crippen molar-refractivity contribution in [2.45, 2.75) is 4.90 Å². The van der Waals surface area contributed by atoms with Crippen LogP contribution in [0.2, 0.25) is 0 Å². The van der Waals surface area contributed by atoms with Gasteiger partial charge in [0.2, 0.25) is 5.91 Å². The van der Waals surface area contributed by atoms with Crippen molar-refractivity contribution in [3.8, 4) is 0 Å². The number of nitrogens with one attached hydrogen (secondary N) is 1. The van der Waals surface area contributed by atoms with E-state index >= 15 is 0 Å². The first-order valence-electron chi connectivity index (χ1n) is 6.40. The molecule has 1 N–H and O–H groups in total. The lowest BCUT2D eigenvalue weighted by Crippen LogP contribution is -2.40. The molecule has 0 saturated heterocycles. The Morgan fingerprint density at radius 1 is 1.36 bits per heavy atom. The van der Waals surface area contributed by atoms with E-state index in [9.17, 15) is 13.2 Å². The van der Waals surface area contributed by atoms with E-state index in [2.05, 4.69) is 16.9 Å². The van der Waals surface area contributed by atoms with Crippen molar-refractivity contribution in [2.24, 2.45) is 0 Å². The van der Waals surface area contributed by atoms with Gasteiger partial charge in [0.05, 0.1) is 4.90 Å². The van der Waals surface area contributed by atoms with Crippen molar-refractivity contribution in [3.05, 3.63) is 54.6 Å². The maximum atomic E-state index is 12.7. The van der Waals surface area contributed by atoms with E-state index in [0.29, 0.717) is 0 Å². The molecule has 2 rings (SSSR count). The summed E-state index contributed by atoms with van der Waals surface area (Å²) in [5, 5.41) is 4.47. The Bertz CT molecular complexity index is 728. The molecule has 0 saturated carbocycles. The van der Waals surface area contributed by atoms with Crippen LogP contribution in [0, 0.1) is 0 Å². The molecule has 0 aliphatic carbocycles. The van der Waals surface area contributed by atoms with E-state index in [4.69, 9.17) is 0 Å². The molecule has 6 nitrogen and oxygen atoms in total. The molecule has 0 aliphatic rings. The number of rotatable bonds is 7. The molecule has 116 valence electrons. The van der Waals surface area contributed by atoms with Gasteiger partial charge in [0.1, 0.15) is 6.54 Å². The minimum atomic E-state index is -3.85. The Morgan fingerprint density at radius 3 is 2.68 bits per heavy atom. The van der Waals surface area contributed by atoms with Crippen LogP contribution in [0.3, 0.4) is 0 Å². The SMILES string of the molecule is C=CCNC(=O)CN(c1nccs1)S(=O)(=O)c1ccccc1. The summed E-state index contributed by atoms with van der Waals surface area (Å²) in [4.78, 5) is 16.0. The summed E-state index contributed by atoms with van der Waals surface area (Å²) in [6, 6.07) is 7.95. The summed E-state index contributed by atoms with van der Waals surface area (Å²) < 4.78 is 26.5. The van der Waals surface area contributed by atoms with Crippen LogP contribution in [-0.2, 0) is 14.8 Å². The second kappa shape index (κ2) is 7.19. The van der Waals surface area contributed by atoms with Crippen LogP contribution in [0.1, 0.15) is 0 Å². The first kappa shape index (κ1) is 16.2. The fourth-order valence-corrected chi connectivity index (χ4v) is 3.95. The molecule has 0 atom stereocenters. The van der Waals surface area contributed by atoms with Crippen molar-refractivity contribution in [1.82, 2.24) is 10.3 Å². The number of benzene rings is 1. The van der Waals surface area contributed by atoms with E-state index < -0.39 is 15.9 Å². The van der Waals surface area contributed by atoms with Gasteiger partial charge in [0.25, 0.3) is 10.0 Å². The molecule has 22 heavy (non-hydrogen) atoms. The summed E-state index contributed by atoms with van der Waals surface area (Å²) in [6.45, 7) is 3.44. The number of anilines is 1. The van der Waals surface area contributed by atoms with Gasteiger partial charge in [-0.05, 0) is 12.1 Å². The molecule has 0 radical (unpaired) electrons. The molecule has 1 amide bonds. The van der Waals surface area contributed by atoms with Gasteiger partial charge in [-0.15, -0.1) is 17.9 Å². The van der Waals surface area contributed by atoms with Crippen LogP contribution in [-0.4, -0.2) is 32.4 Å². The molecule has 0 aliphatic heterocycles. The number of carbonyl (C=O) groups is 1. The lowest BCUT2D eigenvalue weighted by atomic mass is 10.4. The highest BCUT2D eigenvalue weighted by molar-refractivity contribution is 7.93.